The van der Waals surface area contributed by atoms with E-state index in [4.69, 9.17) is 0 Å². The molecule has 146 valence electrons. The molecule has 6 heteroatoms. The minimum Gasteiger partial charge on any atom is -0.348 e. The van der Waals surface area contributed by atoms with Crippen molar-refractivity contribution in [2.45, 2.75) is 45.7 Å². The predicted octanol–water partition coefficient (Wildman–Crippen LogP) is 4.11. The SMILES string of the molecule is CCC(C#N)c1ccc(C(C)NC(=O)Cn2cnc3cccc(C#N)c32)c(C)c1. The van der Waals surface area contributed by atoms with Gasteiger partial charge in [0.25, 0.3) is 0 Å². The van der Waals surface area contributed by atoms with Gasteiger partial charge < -0.3 is 9.88 Å². The highest BCUT2D eigenvalue weighted by Crippen LogP contribution is 2.25. The average molecular weight is 385 g/mol. The lowest BCUT2D eigenvalue weighted by atomic mass is 9.92. The number of hydrogen-bond donors (Lipinski definition) is 1. The van der Waals surface area contributed by atoms with Crippen molar-refractivity contribution < 1.29 is 4.79 Å². The van der Waals surface area contributed by atoms with Gasteiger partial charge in [-0.15, -0.1) is 0 Å². The summed E-state index contributed by atoms with van der Waals surface area (Å²) < 4.78 is 1.70. The van der Waals surface area contributed by atoms with E-state index in [0.717, 1.165) is 23.1 Å². The van der Waals surface area contributed by atoms with Gasteiger partial charge in [0.15, 0.2) is 0 Å². The Hall–Kier alpha value is -3.64. The Morgan fingerprint density at radius 1 is 1.28 bits per heavy atom. The maximum Gasteiger partial charge on any atom is 0.240 e. The molecule has 2 unspecified atom stereocenters. The molecule has 0 saturated heterocycles. The van der Waals surface area contributed by atoms with Gasteiger partial charge in [0.2, 0.25) is 5.91 Å². The van der Waals surface area contributed by atoms with Crippen molar-refractivity contribution >= 4 is 16.9 Å². The smallest absolute Gasteiger partial charge is 0.240 e. The van der Waals surface area contributed by atoms with Crippen LogP contribution in [0.5, 0.6) is 0 Å². The number of benzene rings is 2. The summed E-state index contributed by atoms with van der Waals surface area (Å²) in [7, 11) is 0. The molecule has 3 aromatic rings. The molecule has 2 atom stereocenters. The fraction of sp³-hybridized carbons (Fsp3) is 0.304. The molecule has 0 bridgehead atoms. The minimum absolute atomic E-state index is 0.0863. The lowest BCUT2D eigenvalue weighted by Crippen LogP contribution is -2.30. The number of nitrogens with zero attached hydrogens (tertiary/aromatic N) is 4. The summed E-state index contributed by atoms with van der Waals surface area (Å²) in [5.41, 5.74) is 4.92. The van der Waals surface area contributed by atoms with Gasteiger partial charge in [-0.2, -0.15) is 10.5 Å². The van der Waals surface area contributed by atoms with E-state index in [1.807, 2.05) is 45.0 Å². The van der Waals surface area contributed by atoms with Crippen molar-refractivity contribution in [3.05, 3.63) is 65.0 Å². The van der Waals surface area contributed by atoms with E-state index < -0.39 is 0 Å². The van der Waals surface area contributed by atoms with Crippen LogP contribution in [-0.2, 0) is 11.3 Å². The van der Waals surface area contributed by atoms with Gasteiger partial charge in [0, 0.05) is 0 Å². The van der Waals surface area contributed by atoms with E-state index >= 15 is 0 Å². The lowest BCUT2D eigenvalue weighted by molar-refractivity contribution is -0.122. The quantitative estimate of drug-likeness (QED) is 0.691. The number of carbonyl (C=O) groups excluding carboxylic acids is 1. The number of fused-ring (bicyclic) bond motifs is 1. The number of rotatable bonds is 6. The van der Waals surface area contributed by atoms with Crippen LogP contribution in [0, 0.1) is 29.6 Å². The Morgan fingerprint density at radius 3 is 2.72 bits per heavy atom. The first-order chi connectivity index (χ1) is 14.0. The van der Waals surface area contributed by atoms with E-state index in [-0.39, 0.29) is 24.4 Å². The lowest BCUT2D eigenvalue weighted by Gasteiger charge is -2.18. The molecule has 0 aliphatic carbocycles. The number of aromatic nitrogens is 2. The number of nitrogens with one attached hydrogen (secondary N) is 1. The van der Waals surface area contributed by atoms with Gasteiger partial charge >= 0.3 is 0 Å². The maximum atomic E-state index is 12.6. The Labute approximate surface area is 170 Å². The first-order valence-electron chi connectivity index (χ1n) is 9.61. The van der Waals surface area contributed by atoms with E-state index in [0.29, 0.717) is 16.6 Å². The molecule has 0 saturated carbocycles. The van der Waals surface area contributed by atoms with Gasteiger partial charge in [-0.25, -0.2) is 4.98 Å². The molecule has 1 aromatic heterocycles. The van der Waals surface area contributed by atoms with Crippen LogP contribution < -0.4 is 5.32 Å². The summed E-state index contributed by atoms with van der Waals surface area (Å²) in [6, 6.07) is 15.6. The monoisotopic (exact) mass is 385 g/mol. The molecule has 0 aliphatic rings. The van der Waals surface area contributed by atoms with Crippen molar-refractivity contribution in [1.82, 2.24) is 14.9 Å². The maximum absolute atomic E-state index is 12.6. The highest BCUT2D eigenvalue weighted by atomic mass is 16.2. The third-order valence-corrected chi connectivity index (χ3v) is 5.18. The van der Waals surface area contributed by atoms with Crippen LogP contribution in [0.1, 0.15) is 54.5 Å². The zero-order valence-corrected chi connectivity index (χ0v) is 16.8. The molecule has 1 heterocycles. The summed E-state index contributed by atoms with van der Waals surface area (Å²) in [6.07, 6.45) is 2.35. The van der Waals surface area contributed by atoms with Crippen LogP contribution >= 0.6 is 0 Å². The van der Waals surface area contributed by atoms with Crippen LogP contribution in [0.4, 0.5) is 0 Å². The zero-order valence-electron chi connectivity index (χ0n) is 16.8. The zero-order chi connectivity index (χ0) is 21.0. The molecular weight excluding hydrogens is 362 g/mol. The second kappa shape index (κ2) is 8.58. The minimum atomic E-state index is -0.177. The molecule has 0 spiro atoms. The second-order valence-electron chi connectivity index (χ2n) is 7.15. The van der Waals surface area contributed by atoms with Gasteiger partial charge in [0.1, 0.15) is 12.6 Å². The summed E-state index contributed by atoms with van der Waals surface area (Å²) in [5.74, 6) is -0.270. The molecule has 0 aliphatic heterocycles. The third-order valence-electron chi connectivity index (χ3n) is 5.18. The number of para-hydroxylation sites is 1. The summed E-state index contributed by atoms with van der Waals surface area (Å²) >= 11 is 0. The van der Waals surface area contributed by atoms with Gasteiger partial charge in [-0.05, 0) is 49.1 Å². The van der Waals surface area contributed by atoms with E-state index in [2.05, 4.69) is 22.4 Å². The second-order valence-corrected chi connectivity index (χ2v) is 7.15. The number of aryl methyl sites for hydroxylation is 1. The van der Waals surface area contributed by atoms with Crippen molar-refractivity contribution in [2.24, 2.45) is 0 Å². The topological polar surface area (TPSA) is 94.5 Å². The molecule has 6 nitrogen and oxygen atoms in total. The van der Waals surface area contributed by atoms with E-state index in [1.165, 1.54) is 0 Å². The van der Waals surface area contributed by atoms with Crippen LogP contribution in [0.2, 0.25) is 0 Å². The van der Waals surface area contributed by atoms with Crippen molar-refractivity contribution in [3.63, 3.8) is 0 Å². The molecule has 0 radical (unpaired) electrons. The molecule has 1 N–H and O–H groups in total. The van der Waals surface area contributed by atoms with Gasteiger partial charge in [-0.1, -0.05) is 31.2 Å². The highest BCUT2D eigenvalue weighted by molar-refractivity contribution is 5.84. The Balaban J connectivity index is 1.75. The normalized spacial score (nSPS) is 12.7. The van der Waals surface area contributed by atoms with Gasteiger partial charge in [0.05, 0.1) is 41.0 Å². The number of nitriles is 2. The number of imidazole rings is 1. The number of amides is 1. The number of hydrogen-bond acceptors (Lipinski definition) is 4. The number of carbonyl (C=O) groups is 1. The largest absolute Gasteiger partial charge is 0.348 e. The Bertz CT molecular complexity index is 1130. The first-order valence-corrected chi connectivity index (χ1v) is 9.61. The van der Waals surface area contributed by atoms with Crippen molar-refractivity contribution in [2.75, 3.05) is 0 Å². The Kier molecular flexibility index (Phi) is 5.95. The fourth-order valence-electron chi connectivity index (χ4n) is 3.66. The van der Waals surface area contributed by atoms with E-state index in [1.54, 1.807) is 23.0 Å². The van der Waals surface area contributed by atoms with Crippen molar-refractivity contribution in [1.29, 1.82) is 10.5 Å². The van der Waals surface area contributed by atoms with Crippen molar-refractivity contribution in [3.8, 4) is 12.1 Å². The predicted molar refractivity (Wildman–Crippen MR) is 111 cm³/mol. The van der Waals surface area contributed by atoms with Gasteiger partial charge in [-0.3, -0.25) is 4.79 Å². The fourth-order valence-corrected chi connectivity index (χ4v) is 3.66. The first kappa shape index (κ1) is 20.1. The average Bonchev–Trinajstić information content (AvgIpc) is 3.11. The molecule has 3 rings (SSSR count). The summed E-state index contributed by atoms with van der Waals surface area (Å²) in [4.78, 5) is 16.9. The standard InChI is InChI=1S/C23H23N5O/c1-4-17(11-24)18-8-9-20(15(2)10-18)16(3)27-22(29)13-28-14-26-21-7-5-6-19(12-25)23(21)28/h5-10,14,16-17H,4,13H2,1-3H3,(H,27,29). The van der Waals surface area contributed by atoms with Crippen LogP contribution in [0.25, 0.3) is 11.0 Å². The molecular formula is C23H23N5O. The summed E-state index contributed by atoms with van der Waals surface area (Å²) in [6.45, 7) is 6.02. The highest BCUT2D eigenvalue weighted by Gasteiger charge is 2.16. The van der Waals surface area contributed by atoms with E-state index in [9.17, 15) is 15.3 Å². The third kappa shape index (κ3) is 4.12. The van der Waals surface area contributed by atoms with Crippen LogP contribution in [0.3, 0.4) is 0 Å². The molecule has 2 aromatic carbocycles. The molecule has 29 heavy (non-hydrogen) atoms. The molecule has 1 amide bonds. The van der Waals surface area contributed by atoms with Crippen LogP contribution in [0.15, 0.2) is 42.7 Å². The summed E-state index contributed by atoms with van der Waals surface area (Å²) in [5, 5.41) is 21.6. The van der Waals surface area contributed by atoms with Crippen LogP contribution in [-0.4, -0.2) is 15.5 Å². The Morgan fingerprint density at radius 2 is 2.07 bits per heavy atom. The molecule has 0 fully saturated rings.